The minimum Gasteiger partial charge on any atom is -0.503 e. The zero-order valence-electron chi connectivity index (χ0n) is 6.84. The van der Waals surface area contributed by atoms with Crippen LogP contribution in [0.2, 0.25) is 5.02 Å². The number of H-pyrrole nitrogens is 1. The first kappa shape index (κ1) is 9.79. The van der Waals surface area contributed by atoms with Gasteiger partial charge >= 0.3 is 0 Å². The lowest BCUT2D eigenvalue weighted by atomic mass is 10.2. The molecule has 0 atom stereocenters. The van der Waals surface area contributed by atoms with Crippen LogP contribution in [0, 0.1) is 3.57 Å². The van der Waals surface area contributed by atoms with Crippen molar-refractivity contribution in [3.63, 3.8) is 0 Å². The quantitative estimate of drug-likeness (QED) is 0.733. The molecule has 0 aliphatic heterocycles. The zero-order chi connectivity index (χ0) is 10.3. The van der Waals surface area contributed by atoms with Gasteiger partial charge in [0.05, 0.1) is 5.52 Å². The Hall–Kier alpha value is -0.750. The van der Waals surface area contributed by atoms with Crippen molar-refractivity contribution in [1.29, 1.82) is 0 Å². The summed E-state index contributed by atoms with van der Waals surface area (Å²) >= 11 is 7.92. The van der Waals surface area contributed by atoms with Crippen molar-refractivity contribution >= 4 is 45.1 Å². The molecule has 1 heterocycles. The van der Waals surface area contributed by atoms with Gasteiger partial charge in [-0.2, -0.15) is 0 Å². The van der Waals surface area contributed by atoms with Gasteiger partial charge in [0.2, 0.25) is 0 Å². The maximum Gasteiger partial charge on any atom is 0.290 e. The molecule has 0 spiro atoms. The Balaban J connectivity index is 2.96. The molecule has 0 radical (unpaired) electrons. The van der Waals surface area contributed by atoms with Crippen molar-refractivity contribution in [3.8, 4) is 5.75 Å². The second-order valence-electron chi connectivity index (χ2n) is 2.83. The standard InChI is InChI=1S/C9H5ClINO2/c10-4-1-6(11)5-3-8(13)9(14)12-7(5)2-4/h1-3,13H,(H,12,14). The van der Waals surface area contributed by atoms with E-state index in [1.54, 1.807) is 12.1 Å². The van der Waals surface area contributed by atoms with E-state index in [1.807, 2.05) is 0 Å². The minimum absolute atomic E-state index is 0.280. The van der Waals surface area contributed by atoms with Crippen molar-refractivity contribution in [1.82, 2.24) is 4.98 Å². The molecule has 0 amide bonds. The van der Waals surface area contributed by atoms with Crippen LogP contribution in [-0.2, 0) is 0 Å². The van der Waals surface area contributed by atoms with Gasteiger partial charge in [0.25, 0.3) is 5.56 Å². The molecule has 1 aromatic heterocycles. The minimum atomic E-state index is -0.504. The molecule has 2 N–H and O–H groups in total. The lowest BCUT2D eigenvalue weighted by Gasteiger charge is -2.02. The number of aromatic nitrogens is 1. The Kier molecular flexibility index (Phi) is 2.40. The summed E-state index contributed by atoms with van der Waals surface area (Å²) in [5.41, 5.74) is 0.125. The highest BCUT2D eigenvalue weighted by Gasteiger charge is 2.05. The molecular formula is C9H5ClINO2. The summed E-state index contributed by atoms with van der Waals surface area (Å²) in [5, 5.41) is 10.6. The predicted octanol–water partition coefficient (Wildman–Crippen LogP) is 2.49. The fourth-order valence-corrected chi connectivity index (χ4v) is 2.41. The van der Waals surface area contributed by atoms with Gasteiger partial charge in [-0.1, -0.05) is 11.6 Å². The van der Waals surface area contributed by atoms with E-state index in [1.165, 1.54) is 6.07 Å². The van der Waals surface area contributed by atoms with Crippen LogP contribution in [-0.4, -0.2) is 10.1 Å². The highest BCUT2D eigenvalue weighted by Crippen LogP contribution is 2.24. The number of nitrogens with one attached hydrogen (secondary N) is 1. The van der Waals surface area contributed by atoms with E-state index in [0.717, 1.165) is 8.96 Å². The van der Waals surface area contributed by atoms with Crippen molar-refractivity contribution in [2.24, 2.45) is 0 Å². The van der Waals surface area contributed by atoms with E-state index in [9.17, 15) is 9.90 Å². The first-order valence-electron chi connectivity index (χ1n) is 3.79. The molecule has 1 aromatic carbocycles. The van der Waals surface area contributed by atoms with Gasteiger partial charge in [0.15, 0.2) is 5.75 Å². The number of rotatable bonds is 0. The Morgan fingerprint density at radius 3 is 2.79 bits per heavy atom. The van der Waals surface area contributed by atoms with Crippen molar-refractivity contribution in [3.05, 3.63) is 37.1 Å². The van der Waals surface area contributed by atoms with E-state index < -0.39 is 5.56 Å². The summed E-state index contributed by atoms with van der Waals surface area (Å²) in [6.07, 6.45) is 0. The molecule has 2 rings (SSSR count). The van der Waals surface area contributed by atoms with Crippen molar-refractivity contribution < 1.29 is 5.11 Å². The molecule has 0 bridgehead atoms. The van der Waals surface area contributed by atoms with Crippen LogP contribution in [0.15, 0.2) is 23.0 Å². The summed E-state index contributed by atoms with van der Waals surface area (Å²) < 4.78 is 0.886. The van der Waals surface area contributed by atoms with E-state index in [-0.39, 0.29) is 5.75 Å². The SMILES string of the molecule is O=c1[nH]c2cc(Cl)cc(I)c2cc1O. The molecule has 0 aliphatic rings. The van der Waals surface area contributed by atoms with Gasteiger partial charge in [-0.05, 0) is 40.8 Å². The van der Waals surface area contributed by atoms with Crippen molar-refractivity contribution in [2.75, 3.05) is 0 Å². The maximum absolute atomic E-state index is 11.1. The van der Waals surface area contributed by atoms with Crippen molar-refractivity contribution in [2.45, 2.75) is 0 Å². The number of hydrogen-bond acceptors (Lipinski definition) is 2. The number of pyridine rings is 1. The van der Waals surface area contributed by atoms with Gasteiger partial charge in [-0.25, -0.2) is 0 Å². The average Bonchev–Trinajstić information content (AvgIpc) is 2.08. The molecule has 0 fully saturated rings. The Morgan fingerprint density at radius 1 is 1.36 bits per heavy atom. The molecule has 0 aliphatic carbocycles. The Morgan fingerprint density at radius 2 is 2.07 bits per heavy atom. The summed E-state index contributed by atoms with van der Waals surface area (Å²) in [7, 11) is 0. The third kappa shape index (κ3) is 1.59. The molecule has 0 saturated carbocycles. The van der Waals surface area contributed by atoms with Crippen LogP contribution in [0.3, 0.4) is 0 Å². The molecule has 0 unspecified atom stereocenters. The van der Waals surface area contributed by atoms with E-state index >= 15 is 0 Å². The van der Waals surface area contributed by atoms with Gasteiger partial charge in [-0.15, -0.1) is 0 Å². The normalized spacial score (nSPS) is 10.7. The fraction of sp³-hybridized carbons (Fsp3) is 0. The smallest absolute Gasteiger partial charge is 0.290 e. The Labute approximate surface area is 97.9 Å². The number of fused-ring (bicyclic) bond motifs is 1. The van der Waals surface area contributed by atoms with Crippen LogP contribution >= 0.6 is 34.2 Å². The van der Waals surface area contributed by atoms with Gasteiger partial charge < -0.3 is 10.1 Å². The molecular weight excluding hydrogens is 316 g/mol. The zero-order valence-corrected chi connectivity index (χ0v) is 9.76. The number of aromatic amines is 1. The second kappa shape index (κ2) is 3.43. The molecule has 0 saturated heterocycles. The first-order chi connectivity index (χ1) is 6.58. The van der Waals surface area contributed by atoms with E-state index in [2.05, 4.69) is 27.6 Å². The van der Waals surface area contributed by atoms with Crippen LogP contribution in [0.4, 0.5) is 0 Å². The molecule has 5 heteroatoms. The summed E-state index contributed by atoms with van der Waals surface area (Å²) in [6, 6.07) is 4.86. The van der Waals surface area contributed by atoms with E-state index in [4.69, 9.17) is 11.6 Å². The van der Waals surface area contributed by atoms with Gasteiger partial charge in [-0.3, -0.25) is 4.79 Å². The Bertz CT molecular complexity index is 564. The summed E-state index contributed by atoms with van der Waals surface area (Å²) in [5.74, 6) is -0.280. The molecule has 3 nitrogen and oxygen atoms in total. The topological polar surface area (TPSA) is 53.1 Å². The first-order valence-corrected chi connectivity index (χ1v) is 5.24. The lowest BCUT2D eigenvalue weighted by Crippen LogP contribution is -2.04. The van der Waals surface area contributed by atoms with Crippen LogP contribution in [0.1, 0.15) is 0 Å². The van der Waals surface area contributed by atoms with Crippen LogP contribution in [0.25, 0.3) is 10.9 Å². The number of halogens is 2. The third-order valence-electron chi connectivity index (χ3n) is 1.86. The van der Waals surface area contributed by atoms with Crippen LogP contribution < -0.4 is 5.56 Å². The van der Waals surface area contributed by atoms with Crippen LogP contribution in [0.5, 0.6) is 5.75 Å². The lowest BCUT2D eigenvalue weighted by molar-refractivity contribution is 0.468. The third-order valence-corrected chi connectivity index (χ3v) is 2.97. The molecule has 14 heavy (non-hydrogen) atoms. The van der Waals surface area contributed by atoms with E-state index in [0.29, 0.717) is 10.5 Å². The second-order valence-corrected chi connectivity index (χ2v) is 4.43. The molecule has 72 valence electrons. The highest BCUT2D eigenvalue weighted by atomic mass is 127. The largest absolute Gasteiger partial charge is 0.503 e. The average molecular weight is 322 g/mol. The van der Waals surface area contributed by atoms with Gasteiger partial charge in [0, 0.05) is 14.0 Å². The highest BCUT2D eigenvalue weighted by molar-refractivity contribution is 14.1. The summed E-state index contributed by atoms with van der Waals surface area (Å²) in [4.78, 5) is 13.6. The number of aromatic hydroxyl groups is 1. The predicted molar refractivity (Wildman–Crippen MR) is 64.0 cm³/mol. The number of benzene rings is 1. The number of hydrogen-bond donors (Lipinski definition) is 2. The molecule has 2 aromatic rings. The monoisotopic (exact) mass is 321 g/mol. The van der Waals surface area contributed by atoms with Gasteiger partial charge in [0.1, 0.15) is 0 Å². The maximum atomic E-state index is 11.1. The fourth-order valence-electron chi connectivity index (χ4n) is 1.22. The summed E-state index contributed by atoms with van der Waals surface area (Å²) in [6.45, 7) is 0.